The quantitative estimate of drug-likeness (QED) is 0.877. The van der Waals surface area contributed by atoms with E-state index < -0.39 is 0 Å². The minimum absolute atomic E-state index is 0.108. The molecule has 0 fully saturated rings. The molecule has 0 unspecified atom stereocenters. The molecule has 2 rings (SSSR count). The number of aryl methyl sites for hydroxylation is 1. The molecule has 0 spiro atoms. The smallest absolute Gasteiger partial charge is 0.238 e. The van der Waals surface area contributed by atoms with Gasteiger partial charge in [-0.2, -0.15) is 5.10 Å². The lowest BCUT2D eigenvalue weighted by Crippen LogP contribution is -2.29. The third kappa shape index (κ3) is 4.73. The average molecular weight is 341 g/mol. The van der Waals surface area contributed by atoms with Crippen LogP contribution in [-0.4, -0.2) is 34.2 Å². The molecule has 0 saturated heterocycles. The number of halogens is 2. The van der Waals surface area contributed by atoms with Gasteiger partial charge in [0.15, 0.2) is 0 Å². The Labute approximate surface area is 139 Å². The Hall–Kier alpha value is -1.56. The summed E-state index contributed by atoms with van der Waals surface area (Å²) < 4.78 is 1.86. The van der Waals surface area contributed by atoms with E-state index in [1.54, 1.807) is 18.2 Å². The third-order valence-corrected chi connectivity index (χ3v) is 3.82. The Morgan fingerprint density at radius 2 is 2.14 bits per heavy atom. The Morgan fingerprint density at radius 3 is 2.77 bits per heavy atom. The second-order valence-electron chi connectivity index (χ2n) is 5.05. The van der Waals surface area contributed by atoms with E-state index in [1.165, 1.54) is 0 Å². The number of hydrogen-bond acceptors (Lipinski definition) is 3. The van der Waals surface area contributed by atoms with Gasteiger partial charge in [-0.1, -0.05) is 23.2 Å². The second-order valence-corrected chi connectivity index (χ2v) is 5.87. The Morgan fingerprint density at radius 1 is 1.36 bits per heavy atom. The topological polar surface area (TPSA) is 50.2 Å². The van der Waals surface area contributed by atoms with E-state index in [0.29, 0.717) is 22.3 Å². The van der Waals surface area contributed by atoms with E-state index in [0.717, 1.165) is 12.1 Å². The maximum atomic E-state index is 12.0. The predicted molar refractivity (Wildman–Crippen MR) is 89.3 cm³/mol. The van der Waals surface area contributed by atoms with Crippen LogP contribution in [0.5, 0.6) is 0 Å². The van der Waals surface area contributed by atoms with Crippen molar-refractivity contribution in [1.82, 2.24) is 14.7 Å². The van der Waals surface area contributed by atoms with Crippen molar-refractivity contribution in [2.75, 3.05) is 18.9 Å². The first kappa shape index (κ1) is 16.8. The van der Waals surface area contributed by atoms with Gasteiger partial charge in [0.1, 0.15) is 0 Å². The Kier molecular flexibility index (Phi) is 5.83. The van der Waals surface area contributed by atoms with Crippen LogP contribution < -0.4 is 5.32 Å². The zero-order valence-corrected chi connectivity index (χ0v) is 14.0. The second kappa shape index (κ2) is 7.63. The van der Waals surface area contributed by atoms with E-state index in [9.17, 15) is 4.79 Å². The first-order chi connectivity index (χ1) is 10.5. The Bertz CT molecular complexity index is 657. The summed E-state index contributed by atoms with van der Waals surface area (Å²) in [4.78, 5) is 13.9. The van der Waals surface area contributed by atoms with Gasteiger partial charge in [-0.25, -0.2) is 0 Å². The van der Waals surface area contributed by atoms with Crippen LogP contribution in [-0.2, 0) is 17.9 Å². The fraction of sp³-hybridized carbons (Fsp3) is 0.333. The van der Waals surface area contributed by atoms with Crippen LogP contribution in [0, 0.1) is 0 Å². The highest BCUT2D eigenvalue weighted by Gasteiger charge is 2.09. The van der Waals surface area contributed by atoms with E-state index >= 15 is 0 Å². The summed E-state index contributed by atoms with van der Waals surface area (Å²) in [5, 5.41) is 7.89. The summed E-state index contributed by atoms with van der Waals surface area (Å²) in [5.74, 6) is -0.108. The van der Waals surface area contributed by atoms with Crippen LogP contribution in [0.15, 0.2) is 30.6 Å². The van der Waals surface area contributed by atoms with Crippen molar-refractivity contribution in [3.05, 3.63) is 46.2 Å². The summed E-state index contributed by atoms with van der Waals surface area (Å²) in [6.45, 7) is 3.80. The van der Waals surface area contributed by atoms with Crippen molar-refractivity contribution in [2.45, 2.75) is 20.0 Å². The van der Waals surface area contributed by atoms with Gasteiger partial charge in [0, 0.05) is 30.5 Å². The molecule has 0 bridgehead atoms. The highest BCUT2D eigenvalue weighted by Crippen LogP contribution is 2.24. The molecule has 0 saturated carbocycles. The molecule has 22 heavy (non-hydrogen) atoms. The van der Waals surface area contributed by atoms with Crippen molar-refractivity contribution < 1.29 is 4.79 Å². The van der Waals surface area contributed by atoms with Gasteiger partial charge < -0.3 is 5.32 Å². The van der Waals surface area contributed by atoms with Crippen LogP contribution in [0.4, 0.5) is 5.69 Å². The zero-order valence-electron chi connectivity index (χ0n) is 12.5. The van der Waals surface area contributed by atoms with Crippen molar-refractivity contribution in [2.24, 2.45) is 0 Å². The molecule has 5 nitrogen and oxygen atoms in total. The van der Waals surface area contributed by atoms with E-state index in [-0.39, 0.29) is 12.5 Å². The van der Waals surface area contributed by atoms with Crippen molar-refractivity contribution >= 4 is 34.8 Å². The van der Waals surface area contributed by atoms with E-state index in [2.05, 4.69) is 10.4 Å². The maximum absolute atomic E-state index is 12.0. The number of carbonyl (C=O) groups excluding carboxylic acids is 1. The third-order valence-electron chi connectivity index (χ3n) is 3.08. The lowest BCUT2D eigenvalue weighted by atomic mass is 10.3. The number of nitrogens with zero attached hydrogens (tertiary/aromatic N) is 3. The number of benzene rings is 1. The first-order valence-electron chi connectivity index (χ1n) is 6.92. The molecule has 0 atom stereocenters. The number of aromatic nitrogens is 2. The van der Waals surface area contributed by atoms with Crippen LogP contribution in [0.25, 0.3) is 0 Å². The molecule has 0 aliphatic rings. The molecule has 0 aliphatic carbocycles. The number of amides is 1. The first-order valence-corrected chi connectivity index (χ1v) is 7.68. The number of hydrogen-bond donors (Lipinski definition) is 1. The molecular formula is C15H18Cl2N4O. The number of rotatable bonds is 6. The highest BCUT2D eigenvalue weighted by molar-refractivity contribution is 6.42. The number of carbonyl (C=O) groups is 1. The summed E-state index contributed by atoms with van der Waals surface area (Å²) in [5.41, 5.74) is 1.71. The van der Waals surface area contributed by atoms with Gasteiger partial charge in [-0.15, -0.1) is 0 Å². The largest absolute Gasteiger partial charge is 0.325 e. The number of nitrogens with one attached hydrogen (secondary N) is 1. The highest BCUT2D eigenvalue weighted by atomic mass is 35.5. The predicted octanol–water partition coefficient (Wildman–Crippen LogP) is 3.28. The lowest BCUT2D eigenvalue weighted by molar-refractivity contribution is -0.117. The van der Waals surface area contributed by atoms with Gasteiger partial charge in [-0.3, -0.25) is 14.4 Å². The van der Waals surface area contributed by atoms with Crippen LogP contribution in [0.1, 0.15) is 12.5 Å². The standard InChI is InChI=1S/C15H18Cl2N4O/c1-3-21-9-11(7-18-21)8-20(2)10-15(22)19-12-4-5-13(16)14(17)6-12/h4-7,9H,3,8,10H2,1-2H3,(H,19,22). The van der Waals surface area contributed by atoms with Crippen LogP contribution >= 0.6 is 23.2 Å². The normalized spacial score (nSPS) is 11.0. The molecule has 7 heteroatoms. The van der Waals surface area contributed by atoms with Crippen molar-refractivity contribution in [3.8, 4) is 0 Å². The molecule has 1 amide bonds. The molecule has 0 radical (unpaired) electrons. The number of anilines is 1. The zero-order chi connectivity index (χ0) is 16.1. The summed E-state index contributed by atoms with van der Waals surface area (Å²) in [6, 6.07) is 5.01. The van der Waals surface area contributed by atoms with E-state index in [1.807, 2.05) is 35.9 Å². The fourth-order valence-corrected chi connectivity index (χ4v) is 2.35. The molecule has 0 aliphatic heterocycles. The number of likely N-dealkylation sites (N-methyl/N-ethyl adjacent to an activating group) is 1. The maximum Gasteiger partial charge on any atom is 0.238 e. The molecule has 118 valence electrons. The van der Waals surface area contributed by atoms with E-state index in [4.69, 9.17) is 23.2 Å². The minimum atomic E-state index is -0.108. The molecule has 1 aromatic heterocycles. The van der Waals surface area contributed by atoms with Crippen LogP contribution in [0.3, 0.4) is 0 Å². The Balaban J connectivity index is 1.86. The fourth-order valence-electron chi connectivity index (χ4n) is 2.05. The van der Waals surface area contributed by atoms with Gasteiger partial charge in [0.25, 0.3) is 0 Å². The minimum Gasteiger partial charge on any atom is -0.325 e. The van der Waals surface area contributed by atoms with Gasteiger partial charge in [-0.05, 0) is 32.2 Å². The lowest BCUT2D eigenvalue weighted by Gasteiger charge is -2.15. The van der Waals surface area contributed by atoms with Crippen molar-refractivity contribution in [1.29, 1.82) is 0 Å². The molecule has 2 aromatic rings. The SMILES string of the molecule is CCn1cc(CN(C)CC(=O)Nc2ccc(Cl)c(Cl)c2)cn1. The van der Waals surface area contributed by atoms with Gasteiger partial charge >= 0.3 is 0 Å². The summed E-state index contributed by atoms with van der Waals surface area (Å²) >= 11 is 11.8. The van der Waals surface area contributed by atoms with Crippen molar-refractivity contribution in [3.63, 3.8) is 0 Å². The molecule has 1 heterocycles. The molecule has 1 N–H and O–H groups in total. The van der Waals surface area contributed by atoms with Gasteiger partial charge in [0.05, 0.1) is 22.8 Å². The van der Waals surface area contributed by atoms with Crippen LogP contribution in [0.2, 0.25) is 10.0 Å². The molecule has 1 aromatic carbocycles. The monoisotopic (exact) mass is 340 g/mol. The summed E-state index contributed by atoms with van der Waals surface area (Å²) in [7, 11) is 1.89. The van der Waals surface area contributed by atoms with Gasteiger partial charge in [0.2, 0.25) is 5.91 Å². The average Bonchev–Trinajstić information content (AvgIpc) is 2.90. The molecular weight excluding hydrogens is 323 g/mol. The summed E-state index contributed by atoms with van der Waals surface area (Å²) in [6.07, 6.45) is 3.80.